The second-order valence-corrected chi connectivity index (χ2v) is 9.40. The second kappa shape index (κ2) is 8.84. The smallest absolute Gasteiger partial charge is 0.204 e. The van der Waals surface area contributed by atoms with Crippen molar-refractivity contribution in [2.45, 2.75) is 32.0 Å². The van der Waals surface area contributed by atoms with Gasteiger partial charge in [0.25, 0.3) is 0 Å². The molecular weight excluding hydrogens is 478 g/mol. The van der Waals surface area contributed by atoms with Gasteiger partial charge in [0.15, 0.2) is 22.9 Å². The van der Waals surface area contributed by atoms with Gasteiger partial charge in [-0.05, 0) is 37.7 Å². The van der Waals surface area contributed by atoms with E-state index in [4.69, 9.17) is 4.74 Å². The highest BCUT2D eigenvalue weighted by atomic mass is 19.1. The minimum Gasteiger partial charge on any atom is -0.492 e. The van der Waals surface area contributed by atoms with Crippen LogP contribution in [0.1, 0.15) is 25.6 Å². The molecule has 6 rings (SSSR count). The number of imidazole rings is 1. The normalized spacial score (nSPS) is 16.0. The first kappa shape index (κ1) is 23.4. The number of piperidine rings is 1. The van der Waals surface area contributed by atoms with E-state index in [2.05, 4.69) is 30.3 Å². The third-order valence-corrected chi connectivity index (χ3v) is 7.23. The van der Waals surface area contributed by atoms with Gasteiger partial charge in [-0.3, -0.25) is 4.40 Å². The summed E-state index contributed by atoms with van der Waals surface area (Å²) in [6, 6.07) is 6.54. The number of aromatic nitrogens is 7. The van der Waals surface area contributed by atoms with Gasteiger partial charge < -0.3 is 14.2 Å². The molecule has 1 fully saturated rings. The van der Waals surface area contributed by atoms with Crippen LogP contribution in [0.5, 0.6) is 5.75 Å². The van der Waals surface area contributed by atoms with E-state index >= 15 is 8.78 Å². The number of nitrogens with zero attached hydrogens (tertiary/aromatic N) is 8. The summed E-state index contributed by atoms with van der Waals surface area (Å²) in [6.45, 7) is 3.97. The largest absolute Gasteiger partial charge is 0.492 e. The maximum atomic E-state index is 15.9. The maximum Gasteiger partial charge on any atom is 0.204 e. The van der Waals surface area contributed by atoms with E-state index in [1.165, 1.54) is 13.2 Å². The first-order valence-electron chi connectivity index (χ1n) is 12.2. The van der Waals surface area contributed by atoms with Crippen LogP contribution in [0.3, 0.4) is 0 Å². The van der Waals surface area contributed by atoms with Crippen molar-refractivity contribution in [2.24, 2.45) is 0 Å². The lowest BCUT2D eigenvalue weighted by Gasteiger charge is -2.33. The number of fused-ring (bicyclic) bond motifs is 2. The molecule has 5 aromatic rings. The fourth-order valence-electron chi connectivity index (χ4n) is 5.06. The molecule has 11 heteroatoms. The highest BCUT2D eigenvalue weighted by molar-refractivity contribution is 5.91. The number of benzene rings is 1. The first-order chi connectivity index (χ1) is 17.9. The number of rotatable bonds is 5. The SMILES string of the molecule is CCn1cnc2c(-c3ccc(F)c(-c4ccn5c(C6(F)CCN(C)CC6)nnc5c4OC)c3)cnnc21. The van der Waals surface area contributed by atoms with Gasteiger partial charge in [0.2, 0.25) is 5.65 Å². The van der Waals surface area contributed by atoms with Crippen LogP contribution in [0.25, 0.3) is 39.1 Å². The van der Waals surface area contributed by atoms with Gasteiger partial charge in [-0.25, -0.2) is 13.8 Å². The van der Waals surface area contributed by atoms with Gasteiger partial charge in [0, 0.05) is 55.4 Å². The van der Waals surface area contributed by atoms with Crippen molar-refractivity contribution in [1.82, 2.24) is 39.2 Å². The Morgan fingerprint density at radius 1 is 1.03 bits per heavy atom. The van der Waals surface area contributed by atoms with E-state index in [-0.39, 0.29) is 5.82 Å². The Morgan fingerprint density at radius 2 is 1.84 bits per heavy atom. The molecule has 5 heterocycles. The summed E-state index contributed by atoms with van der Waals surface area (Å²) < 4.78 is 40.3. The minimum atomic E-state index is -1.59. The van der Waals surface area contributed by atoms with Crippen molar-refractivity contribution in [3.63, 3.8) is 0 Å². The molecule has 0 N–H and O–H groups in total. The Hall–Kier alpha value is -3.99. The summed E-state index contributed by atoms with van der Waals surface area (Å²) >= 11 is 0. The number of ether oxygens (including phenoxy) is 1. The van der Waals surface area contributed by atoms with E-state index in [0.29, 0.717) is 66.2 Å². The van der Waals surface area contributed by atoms with Crippen molar-refractivity contribution < 1.29 is 13.5 Å². The van der Waals surface area contributed by atoms with Gasteiger partial charge in [0.1, 0.15) is 11.3 Å². The van der Waals surface area contributed by atoms with Gasteiger partial charge in [-0.1, -0.05) is 6.07 Å². The van der Waals surface area contributed by atoms with Gasteiger partial charge in [-0.15, -0.1) is 15.3 Å². The molecule has 1 aliphatic heterocycles. The van der Waals surface area contributed by atoms with Gasteiger partial charge in [-0.2, -0.15) is 5.10 Å². The summed E-state index contributed by atoms with van der Waals surface area (Å²) in [6.07, 6.45) is 5.68. The van der Waals surface area contributed by atoms with Crippen LogP contribution in [0, 0.1) is 5.82 Å². The summed E-state index contributed by atoms with van der Waals surface area (Å²) in [5, 5.41) is 16.8. The topological polar surface area (TPSA) is 86.3 Å². The fraction of sp³-hybridized carbons (Fsp3) is 0.346. The molecule has 1 saturated heterocycles. The summed E-state index contributed by atoms with van der Waals surface area (Å²) in [5.74, 6) is 0.134. The van der Waals surface area contributed by atoms with Crippen molar-refractivity contribution in [1.29, 1.82) is 0 Å². The molecule has 0 atom stereocenters. The molecule has 0 bridgehead atoms. The number of likely N-dealkylation sites (tertiary alicyclic amines) is 1. The zero-order valence-corrected chi connectivity index (χ0v) is 20.8. The van der Waals surface area contributed by atoms with Crippen LogP contribution in [0.4, 0.5) is 8.78 Å². The van der Waals surface area contributed by atoms with Crippen molar-refractivity contribution in [3.05, 3.63) is 54.6 Å². The quantitative estimate of drug-likeness (QED) is 0.354. The van der Waals surface area contributed by atoms with E-state index in [9.17, 15) is 0 Å². The molecule has 4 aromatic heterocycles. The monoisotopic (exact) mass is 504 g/mol. The van der Waals surface area contributed by atoms with E-state index in [0.717, 1.165) is 11.1 Å². The Balaban J connectivity index is 1.47. The Kier molecular flexibility index (Phi) is 5.59. The highest BCUT2D eigenvalue weighted by Gasteiger charge is 2.40. The third kappa shape index (κ3) is 3.72. The number of aryl methyl sites for hydroxylation is 1. The lowest BCUT2D eigenvalue weighted by atomic mass is 9.92. The highest BCUT2D eigenvalue weighted by Crippen LogP contribution is 2.40. The van der Waals surface area contributed by atoms with E-state index < -0.39 is 11.5 Å². The number of pyridine rings is 1. The average Bonchev–Trinajstić information content (AvgIpc) is 3.55. The molecule has 0 radical (unpaired) electrons. The van der Waals surface area contributed by atoms with E-state index in [1.807, 2.05) is 18.5 Å². The van der Waals surface area contributed by atoms with Crippen LogP contribution >= 0.6 is 0 Å². The van der Waals surface area contributed by atoms with E-state index in [1.54, 1.807) is 41.3 Å². The molecule has 37 heavy (non-hydrogen) atoms. The molecule has 1 aliphatic rings. The second-order valence-electron chi connectivity index (χ2n) is 9.40. The lowest BCUT2D eigenvalue weighted by Crippen LogP contribution is -2.39. The van der Waals surface area contributed by atoms with Crippen molar-refractivity contribution in [3.8, 4) is 28.0 Å². The number of alkyl halides is 1. The number of hydrogen-bond acceptors (Lipinski definition) is 7. The van der Waals surface area contributed by atoms with Crippen molar-refractivity contribution in [2.75, 3.05) is 27.2 Å². The molecule has 0 spiro atoms. The fourth-order valence-corrected chi connectivity index (χ4v) is 5.06. The van der Waals surface area contributed by atoms with Crippen LogP contribution in [0.2, 0.25) is 0 Å². The lowest BCUT2D eigenvalue weighted by molar-refractivity contribution is 0.0581. The summed E-state index contributed by atoms with van der Waals surface area (Å²) in [7, 11) is 3.46. The summed E-state index contributed by atoms with van der Waals surface area (Å²) in [5.41, 5.74) is 2.37. The molecule has 0 unspecified atom stereocenters. The molecule has 0 saturated carbocycles. The zero-order chi connectivity index (χ0) is 25.7. The van der Waals surface area contributed by atoms with Crippen LogP contribution < -0.4 is 4.74 Å². The molecule has 0 amide bonds. The molecular formula is C26H26F2N8O. The predicted octanol–water partition coefficient (Wildman–Crippen LogP) is 4.26. The van der Waals surface area contributed by atoms with Crippen LogP contribution in [0.15, 0.2) is 43.0 Å². The zero-order valence-electron chi connectivity index (χ0n) is 20.8. The summed E-state index contributed by atoms with van der Waals surface area (Å²) in [4.78, 5) is 6.60. The Labute approximate surface area is 211 Å². The minimum absolute atomic E-state index is 0.242. The number of methoxy groups -OCH3 is 1. The Bertz CT molecular complexity index is 1620. The van der Waals surface area contributed by atoms with Crippen LogP contribution in [-0.4, -0.2) is 66.5 Å². The number of hydrogen-bond donors (Lipinski definition) is 0. The van der Waals surface area contributed by atoms with Gasteiger partial charge >= 0.3 is 0 Å². The van der Waals surface area contributed by atoms with Crippen LogP contribution in [-0.2, 0) is 12.2 Å². The Morgan fingerprint density at radius 3 is 2.59 bits per heavy atom. The predicted molar refractivity (Wildman–Crippen MR) is 134 cm³/mol. The molecule has 190 valence electrons. The molecule has 9 nitrogen and oxygen atoms in total. The molecule has 1 aromatic carbocycles. The standard InChI is InChI=1S/C26H26F2N8O/c1-4-35-15-29-21-19(14-30-31-23(21)35)16-5-6-20(27)18(13-16)17-7-10-36-24(22(17)37-3)32-33-25(36)26(28)8-11-34(2)12-9-26/h5-7,10,13-15H,4,8-9,11-12H2,1-3H3. The van der Waals surface area contributed by atoms with Gasteiger partial charge in [0.05, 0.1) is 19.6 Å². The first-order valence-corrected chi connectivity index (χ1v) is 12.2. The maximum absolute atomic E-state index is 15.9. The number of halogens is 2. The average molecular weight is 505 g/mol. The molecule has 0 aliphatic carbocycles. The third-order valence-electron chi connectivity index (χ3n) is 7.23. The van der Waals surface area contributed by atoms with Crippen molar-refractivity contribution >= 4 is 16.8 Å².